The van der Waals surface area contributed by atoms with Crippen LogP contribution in [0.3, 0.4) is 0 Å². The Labute approximate surface area is 132 Å². The Hall–Kier alpha value is -1.98. The highest BCUT2D eigenvalue weighted by Crippen LogP contribution is 2.35. The molecule has 1 aromatic carbocycles. The second-order valence-corrected chi connectivity index (χ2v) is 6.32. The minimum Gasteiger partial charge on any atom is -0.268 e. The summed E-state index contributed by atoms with van der Waals surface area (Å²) in [5.74, 6) is -0.0977. The first kappa shape index (κ1) is 14.0. The Kier molecular flexibility index (Phi) is 3.86. The van der Waals surface area contributed by atoms with Gasteiger partial charge in [0.15, 0.2) is 4.32 Å². The van der Waals surface area contributed by atoms with Crippen molar-refractivity contribution in [3.8, 4) is 0 Å². The van der Waals surface area contributed by atoms with E-state index in [9.17, 15) is 4.79 Å². The van der Waals surface area contributed by atoms with Gasteiger partial charge in [-0.05, 0) is 30.7 Å². The molecule has 2 heterocycles. The van der Waals surface area contributed by atoms with Crippen LogP contribution in [0.4, 0.5) is 5.69 Å². The summed E-state index contributed by atoms with van der Waals surface area (Å²) in [6.45, 7) is 2.03. The van der Waals surface area contributed by atoms with E-state index in [2.05, 4.69) is 4.98 Å². The summed E-state index contributed by atoms with van der Waals surface area (Å²) in [6, 6.07) is 11.6. The van der Waals surface area contributed by atoms with Crippen LogP contribution in [0.1, 0.15) is 11.1 Å². The fourth-order valence-corrected chi connectivity index (χ4v) is 3.39. The Balaban J connectivity index is 1.94. The topological polar surface area (TPSA) is 33.2 Å². The maximum atomic E-state index is 12.5. The first-order valence-electron chi connectivity index (χ1n) is 6.40. The number of hydrogen-bond acceptors (Lipinski definition) is 4. The summed E-state index contributed by atoms with van der Waals surface area (Å²) >= 11 is 6.64. The van der Waals surface area contributed by atoms with Crippen molar-refractivity contribution in [3.63, 3.8) is 0 Å². The number of thiocarbonyl (C=S) groups is 1. The molecule has 104 valence electrons. The van der Waals surface area contributed by atoms with E-state index in [4.69, 9.17) is 12.2 Å². The largest absolute Gasteiger partial charge is 0.270 e. The van der Waals surface area contributed by atoms with Crippen molar-refractivity contribution < 1.29 is 4.79 Å². The monoisotopic (exact) mass is 312 g/mol. The molecular weight excluding hydrogens is 300 g/mol. The van der Waals surface area contributed by atoms with Crippen molar-refractivity contribution in [2.24, 2.45) is 0 Å². The van der Waals surface area contributed by atoms with Gasteiger partial charge in [0.2, 0.25) is 0 Å². The number of rotatable bonds is 2. The van der Waals surface area contributed by atoms with E-state index in [1.165, 1.54) is 16.7 Å². The van der Waals surface area contributed by atoms with Crippen molar-refractivity contribution >= 4 is 46.0 Å². The maximum absolute atomic E-state index is 12.5. The van der Waals surface area contributed by atoms with Crippen LogP contribution in [-0.2, 0) is 4.79 Å². The molecular formula is C16H12N2OS2. The molecule has 21 heavy (non-hydrogen) atoms. The third-order valence-electron chi connectivity index (χ3n) is 3.04. The highest BCUT2D eigenvalue weighted by molar-refractivity contribution is 8.27. The number of anilines is 1. The molecule has 2 aromatic rings. The number of pyridine rings is 1. The van der Waals surface area contributed by atoms with Crippen LogP contribution in [0.15, 0.2) is 53.7 Å². The van der Waals surface area contributed by atoms with Gasteiger partial charge in [-0.2, -0.15) is 0 Å². The van der Waals surface area contributed by atoms with Gasteiger partial charge in [0.05, 0.1) is 16.8 Å². The molecule has 0 radical (unpaired) electrons. The minimum absolute atomic E-state index is 0.0977. The standard InChI is InChI=1S/C16H12N2OS2/c1-11-4-2-5-12(8-11)9-14-15(19)18(16(20)21-14)13-6-3-7-17-10-13/h2-10H,1H3/b14-9-. The summed E-state index contributed by atoms with van der Waals surface area (Å²) in [5, 5.41) is 0. The van der Waals surface area contributed by atoms with Crippen molar-refractivity contribution in [2.75, 3.05) is 4.90 Å². The molecule has 5 heteroatoms. The van der Waals surface area contributed by atoms with Gasteiger partial charge < -0.3 is 0 Å². The molecule has 1 aliphatic heterocycles. The summed E-state index contributed by atoms with van der Waals surface area (Å²) in [4.78, 5) is 18.7. The molecule has 1 amide bonds. The summed E-state index contributed by atoms with van der Waals surface area (Å²) in [5.41, 5.74) is 2.86. The molecule has 1 aromatic heterocycles. The Bertz CT molecular complexity index is 741. The smallest absolute Gasteiger partial charge is 0.268 e. The maximum Gasteiger partial charge on any atom is 0.270 e. The van der Waals surface area contributed by atoms with E-state index < -0.39 is 0 Å². The Morgan fingerprint density at radius 1 is 1.29 bits per heavy atom. The lowest BCUT2D eigenvalue weighted by Gasteiger charge is -2.13. The molecule has 0 N–H and O–H groups in total. The SMILES string of the molecule is Cc1cccc(/C=C2\SC(=S)N(c3cccnc3)C2=O)c1. The summed E-state index contributed by atoms with van der Waals surface area (Å²) in [6.07, 6.45) is 5.19. The molecule has 0 saturated carbocycles. The lowest BCUT2D eigenvalue weighted by atomic mass is 10.1. The molecule has 3 rings (SSSR count). The first-order valence-corrected chi connectivity index (χ1v) is 7.62. The van der Waals surface area contributed by atoms with Gasteiger partial charge in [-0.3, -0.25) is 14.7 Å². The van der Waals surface area contributed by atoms with Gasteiger partial charge in [-0.15, -0.1) is 0 Å². The predicted octanol–water partition coefficient (Wildman–Crippen LogP) is 3.80. The van der Waals surface area contributed by atoms with Crippen molar-refractivity contribution in [1.82, 2.24) is 4.98 Å². The van der Waals surface area contributed by atoms with Crippen LogP contribution < -0.4 is 4.90 Å². The molecule has 0 spiro atoms. The molecule has 0 aliphatic carbocycles. The number of carbonyl (C=O) groups is 1. The number of aromatic nitrogens is 1. The third kappa shape index (κ3) is 2.89. The molecule has 1 aliphatic rings. The summed E-state index contributed by atoms with van der Waals surface area (Å²) < 4.78 is 0.534. The van der Waals surface area contributed by atoms with Crippen LogP contribution in [0.25, 0.3) is 6.08 Å². The van der Waals surface area contributed by atoms with Crippen LogP contribution in [-0.4, -0.2) is 15.2 Å². The zero-order valence-electron chi connectivity index (χ0n) is 11.3. The van der Waals surface area contributed by atoms with E-state index in [1.807, 2.05) is 43.3 Å². The predicted molar refractivity (Wildman–Crippen MR) is 91.1 cm³/mol. The number of benzene rings is 1. The summed E-state index contributed by atoms with van der Waals surface area (Å²) in [7, 11) is 0. The fraction of sp³-hybridized carbons (Fsp3) is 0.0625. The molecule has 1 saturated heterocycles. The number of carbonyl (C=O) groups excluding carboxylic acids is 1. The zero-order valence-corrected chi connectivity index (χ0v) is 12.9. The third-order valence-corrected chi connectivity index (χ3v) is 4.34. The van der Waals surface area contributed by atoms with Crippen LogP contribution >= 0.6 is 24.0 Å². The zero-order chi connectivity index (χ0) is 14.8. The molecule has 1 fully saturated rings. The second-order valence-electron chi connectivity index (χ2n) is 4.64. The normalized spacial score (nSPS) is 16.8. The Morgan fingerprint density at radius 3 is 2.86 bits per heavy atom. The van der Waals surface area contributed by atoms with Gasteiger partial charge >= 0.3 is 0 Å². The molecule has 0 bridgehead atoms. The number of amides is 1. The Morgan fingerprint density at radius 2 is 2.14 bits per heavy atom. The van der Waals surface area contributed by atoms with E-state index in [0.29, 0.717) is 14.9 Å². The van der Waals surface area contributed by atoms with Crippen molar-refractivity contribution in [1.29, 1.82) is 0 Å². The minimum atomic E-state index is -0.0977. The lowest BCUT2D eigenvalue weighted by molar-refractivity contribution is -0.113. The lowest BCUT2D eigenvalue weighted by Crippen LogP contribution is -2.27. The number of thioether (sulfide) groups is 1. The molecule has 3 nitrogen and oxygen atoms in total. The number of hydrogen-bond donors (Lipinski definition) is 0. The second kappa shape index (κ2) is 5.79. The number of aryl methyl sites for hydroxylation is 1. The highest BCUT2D eigenvalue weighted by atomic mass is 32.2. The van der Waals surface area contributed by atoms with Gasteiger partial charge in [-0.1, -0.05) is 53.8 Å². The van der Waals surface area contributed by atoms with E-state index >= 15 is 0 Å². The molecule has 0 unspecified atom stereocenters. The average molecular weight is 312 g/mol. The van der Waals surface area contributed by atoms with Crippen LogP contribution in [0.5, 0.6) is 0 Å². The highest BCUT2D eigenvalue weighted by Gasteiger charge is 2.33. The van der Waals surface area contributed by atoms with Crippen LogP contribution in [0.2, 0.25) is 0 Å². The van der Waals surface area contributed by atoms with E-state index in [-0.39, 0.29) is 5.91 Å². The molecule has 0 atom stereocenters. The quantitative estimate of drug-likeness (QED) is 0.624. The average Bonchev–Trinajstić information content (AvgIpc) is 2.74. The number of nitrogens with zero attached hydrogens (tertiary/aromatic N) is 2. The van der Waals surface area contributed by atoms with Crippen LogP contribution in [0, 0.1) is 6.92 Å². The van der Waals surface area contributed by atoms with E-state index in [0.717, 1.165) is 11.1 Å². The van der Waals surface area contributed by atoms with Gasteiger partial charge in [0.25, 0.3) is 5.91 Å². The van der Waals surface area contributed by atoms with Crippen molar-refractivity contribution in [3.05, 3.63) is 64.8 Å². The van der Waals surface area contributed by atoms with Crippen molar-refractivity contribution in [2.45, 2.75) is 6.92 Å². The fourth-order valence-electron chi connectivity index (χ4n) is 2.09. The van der Waals surface area contributed by atoms with E-state index in [1.54, 1.807) is 18.5 Å². The van der Waals surface area contributed by atoms with Gasteiger partial charge in [0, 0.05) is 6.20 Å². The first-order chi connectivity index (χ1) is 10.1. The van der Waals surface area contributed by atoms with Gasteiger partial charge in [0.1, 0.15) is 0 Å². The van der Waals surface area contributed by atoms with Gasteiger partial charge in [-0.25, -0.2) is 0 Å².